The van der Waals surface area contributed by atoms with E-state index in [1.807, 2.05) is 31.2 Å². The molecule has 156 valence electrons. The molecule has 1 atom stereocenters. The third kappa shape index (κ3) is 4.50. The van der Waals surface area contributed by atoms with Crippen molar-refractivity contribution in [2.75, 3.05) is 24.6 Å². The maximum Gasteiger partial charge on any atom is 0.258 e. The Morgan fingerprint density at radius 3 is 2.63 bits per heavy atom. The molecule has 1 saturated heterocycles. The Balaban J connectivity index is 1.48. The van der Waals surface area contributed by atoms with Crippen LogP contribution in [0, 0.1) is 11.7 Å². The van der Waals surface area contributed by atoms with Crippen LogP contribution < -0.4 is 15.0 Å². The monoisotopic (exact) mass is 408 g/mol. The number of fused-ring (bicyclic) bond motifs is 1. The molecule has 1 amide bonds. The second kappa shape index (κ2) is 9.07. The average molecular weight is 408 g/mol. The van der Waals surface area contributed by atoms with Gasteiger partial charge in [0.1, 0.15) is 5.82 Å². The lowest BCUT2D eigenvalue weighted by atomic mass is 9.97. The fourth-order valence-corrected chi connectivity index (χ4v) is 3.73. The number of benzene rings is 2. The summed E-state index contributed by atoms with van der Waals surface area (Å²) >= 11 is 0. The van der Waals surface area contributed by atoms with Gasteiger partial charge in [-0.2, -0.15) is 0 Å². The molecule has 7 heteroatoms. The highest BCUT2D eigenvalue weighted by atomic mass is 19.1. The summed E-state index contributed by atoms with van der Waals surface area (Å²) in [5, 5.41) is 2.97. The molecular formula is C23H25FN4O2. The van der Waals surface area contributed by atoms with Gasteiger partial charge in [0.15, 0.2) is 5.82 Å². The molecule has 0 aliphatic carbocycles. The van der Waals surface area contributed by atoms with E-state index in [2.05, 4.69) is 15.2 Å². The minimum Gasteiger partial charge on any atom is -0.475 e. The van der Waals surface area contributed by atoms with Crippen molar-refractivity contribution in [1.82, 2.24) is 15.3 Å². The number of hydrogen-bond donors (Lipinski definition) is 1. The Morgan fingerprint density at radius 1 is 1.17 bits per heavy atom. The molecule has 4 rings (SSSR count). The summed E-state index contributed by atoms with van der Waals surface area (Å²) in [6.07, 6.45) is 1.70. The molecule has 6 nitrogen and oxygen atoms in total. The fraction of sp³-hybridized carbons (Fsp3) is 0.348. The molecule has 0 unspecified atom stereocenters. The second-order valence-corrected chi connectivity index (χ2v) is 7.40. The van der Waals surface area contributed by atoms with Crippen LogP contribution in [0.4, 0.5) is 10.2 Å². The van der Waals surface area contributed by atoms with E-state index < -0.39 is 0 Å². The van der Waals surface area contributed by atoms with Crippen molar-refractivity contribution in [1.29, 1.82) is 0 Å². The van der Waals surface area contributed by atoms with E-state index in [4.69, 9.17) is 9.72 Å². The molecule has 2 aromatic carbocycles. The zero-order valence-corrected chi connectivity index (χ0v) is 17.0. The first-order valence-corrected chi connectivity index (χ1v) is 10.3. The Hall–Kier alpha value is -3.22. The van der Waals surface area contributed by atoms with Crippen LogP contribution in [0.25, 0.3) is 11.0 Å². The summed E-state index contributed by atoms with van der Waals surface area (Å²) in [6.45, 7) is 4.16. The predicted molar refractivity (Wildman–Crippen MR) is 114 cm³/mol. The van der Waals surface area contributed by atoms with Crippen LogP contribution >= 0.6 is 0 Å². The van der Waals surface area contributed by atoms with E-state index in [-0.39, 0.29) is 17.6 Å². The van der Waals surface area contributed by atoms with E-state index >= 15 is 0 Å². The molecule has 1 aliphatic rings. The predicted octanol–water partition coefficient (Wildman–Crippen LogP) is 3.70. The summed E-state index contributed by atoms with van der Waals surface area (Å²) in [7, 11) is 0. The van der Waals surface area contributed by atoms with Crippen LogP contribution in [0.15, 0.2) is 48.5 Å². The number of carbonyl (C=O) groups excluding carboxylic acids is 1. The molecule has 0 spiro atoms. The molecule has 1 fully saturated rings. The number of ether oxygens (including phenoxy) is 1. The van der Waals surface area contributed by atoms with E-state index in [1.165, 1.54) is 12.1 Å². The summed E-state index contributed by atoms with van der Waals surface area (Å²) < 4.78 is 18.8. The van der Waals surface area contributed by atoms with Gasteiger partial charge in [-0.25, -0.2) is 14.4 Å². The molecule has 0 radical (unpaired) electrons. The number of anilines is 1. The molecule has 0 bridgehead atoms. The number of hydrogen-bond acceptors (Lipinski definition) is 5. The van der Waals surface area contributed by atoms with E-state index in [0.717, 1.165) is 36.0 Å². The number of nitrogens with zero attached hydrogens (tertiary/aromatic N) is 3. The van der Waals surface area contributed by atoms with Gasteiger partial charge in [-0.05, 0) is 49.6 Å². The topological polar surface area (TPSA) is 67.4 Å². The first-order valence-electron chi connectivity index (χ1n) is 10.3. The summed E-state index contributed by atoms with van der Waals surface area (Å²) in [4.78, 5) is 24.3. The van der Waals surface area contributed by atoms with Crippen LogP contribution in [0.2, 0.25) is 0 Å². The Kier molecular flexibility index (Phi) is 6.07. The van der Waals surface area contributed by atoms with Crippen LogP contribution in [-0.4, -0.2) is 35.6 Å². The molecule has 1 N–H and O–H groups in total. The standard InChI is InChI=1S/C23H25FN4O2/c1-2-30-23-21(26-19-7-3-4-8-20(19)27-23)28-13-5-6-17(15-28)22(29)25-14-16-9-11-18(24)12-10-16/h3-4,7-12,17H,2,5-6,13-15H2,1H3,(H,25,29)/t17-/m1/s1. The first-order chi connectivity index (χ1) is 14.6. The van der Waals surface area contributed by atoms with Crippen molar-refractivity contribution >= 4 is 22.8 Å². The number of carbonyl (C=O) groups is 1. The SMILES string of the molecule is CCOc1nc2ccccc2nc1N1CCC[C@@H](C(=O)NCc2ccc(F)cc2)C1. The van der Waals surface area contributed by atoms with Crippen LogP contribution in [0.3, 0.4) is 0 Å². The highest BCUT2D eigenvalue weighted by Crippen LogP contribution is 2.30. The average Bonchev–Trinajstić information content (AvgIpc) is 2.78. The lowest BCUT2D eigenvalue weighted by molar-refractivity contribution is -0.125. The molecule has 1 aromatic heterocycles. The summed E-state index contributed by atoms with van der Waals surface area (Å²) in [5.74, 6) is 0.752. The highest BCUT2D eigenvalue weighted by molar-refractivity contribution is 5.80. The van der Waals surface area contributed by atoms with Gasteiger partial charge in [0, 0.05) is 19.6 Å². The number of nitrogens with one attached hydrogen (secondary N) is 1. The zero-order valence-electron chi connectivity index (χ0n) is 17.0. The molecule has 0 saturated carbocycles. The van der Waals surface area contributed by atoms with Crippen molar-refractivity contribution in [2.45, 2.75) is 26.3 Å². The molecule has 1 aliphatic heterocycles. The van der Waals surface area contributed by atoms with Gasteiger partial charge in [-0.3, -0.25) is 4.79 Å². The van der Waals surface area contributed by atoms with Gasteiger partial charge < -0.3 is 15.0 Å². The molecule has 2 heterocycles. The number of amides is 1. The zero-order chi connectivity index (χ0) is 20.9. The van der Waals surface area contributed by atoms with Crippen molar-refractivity contribution in [3.05, 3.63) is 59.9 Å². The minimum atomic E-state index is -0.283. The van der Waals surface area contributed by atoms with Crippen molar-refractivity contribution in [3.63, 3.8) is 0 Å². The first kappa shape index (κ1) is 20.1. The third-order valence-electron chi connectivity index (χ3n) is 5.27. The normalized spacial score (nSPS) is 16.5. The van der Waals surface area contributed by atoms with Crippen molar-refractivity contribution < 1.29 is 13.9 Å². The number of rotatable bonds is 6. The van der Waals surface area contributed by atoms with E-state index in [0.29, 0.717) is 31.4 Å². The van der Waals surface area contributed by atoms with Gasteiger partial charge in [-0.15, -0.1) is 0 Å². The summed E-state index contributed by atoms with van der Waals surface area (Å²) in [5.41, 5.74) is 2.46. The maximum absolute atomic E-state index is 13.1. The Labute approximate surface area is 175 Å². The highest BCUT2D eigenvalue weighted by Gasteiger charge is 2.28. The Bertz CT molecular complexity index is 1030. The van der Waals surface area contributed by atoms with Crippen molar-refractivity contribution in [2.24, 2.45) is 5.92 Å². The lowest BCUT2D eigenvalue weighted by Crippen LogP contribution is -2.43. The Morgan fingerprint density at radius 2 is 1.90 bits per heavy atom. The van der Waals surface area contributed by atoms with Crippen LogP contribution in [0.5, 0.6) is 5.88 Å². The number of halogens is 1. The number of piperidine rings is 1. The van der Waals surface area contributed by atoms with Crippen molar-refractivity contribution in [3.8, 4) is 5.88 Å². The summed E-state index contributed by atoms with van der Waals surface area (Å²) in [6, 6.07) is 13.9. The lowest BCUT2D eigenvalue weighted by Gasteiger charge is -2.33. The maximum atomic E-state index is 13.1. The number of aromatic nitrogens is 2. The molecule has 30 heavy (non-hydrogen) atoms. The van der Waals surface area contributed by atoms with Crippen LogP contribution in [-0.2, 0) is 11.3 Å². The van der Waals surface area contributed by atoms with Gasteiger partial charge in [0.05, 0.1) is 23.6 Å². The van der Waals surface area contributed by atoms with Crippen LogP contribution in [0.1, 0.15) is 25.3 Å². The largest absolute Gasteiger partial charge is 0.475 e. The fourth-order valence-electron chi connectivity index (χ4n) is 3.73. The second-order valence-electron chi connectivity index (χ2n) is 7.40. The minimum absolute atomic E-state index is 0.00395. The van der Waals surface area contributed by atoms with Gasteiger partial charge >= 0.3 is 0 Å². The van der Waals surface area contributed by atoms with Gasteiger partial charge in [-0.1, -0.05) is 24.3 Å². The quantitative estimate of drug-likeness (QED) is 0.674. The van der Waals surface area contributed by atoms with Gasteiger partial charge in [0.25, 0.3) is 5.88 Å². The van der Waals surface area contributed by atoms with Gasteiger partial charge in [0.2, 0.25) is 5.91 Å². The third-order valence-corrected chi connectivity index (χ3v) is 5.27. The molecule has 3 aromatic rings. The smallest absolute Gasteiger partial charge is 0.258 e. The van der Waals surface area contributed by atoms with E-state index in [1.54, 1.807) is 12.1 Å². The number of para-hydroxylation sites is 2. The molecular weight excluding hydrogens is 383 g/mol. The van der Waals surface area contributed by atoms with E-state index in [9.17, 15) is 9.18 Å².